The molecule has 0 bridgehead atoms. The third-order valence-electron chi connectivity index (χ3n) is 3.74. The smallest absolute Gasteiger partial charge is 0.126 e. The molecule has 1 saturated carbocycles. The van der Waals surface area contributed by atoms with Crippen molar-refractivity contribution in [2.45, 2.75) is 30.9 Å². The van der Waals surface area contributed by atoms with Crippen molar-refractivity contribution in [2.75, 3.05) is 13.1 Å². The number of halogens is 2. The molecule has 0 spiro atoms. The summed E-state index contributed by atoms with van der Waals surface area (Å²) in [5, 5.41) is 10.5. The fourth-order valence-electron chi connectivity index (χ4n) is 2.63. The van der Waals surface area contributed by atoms with E-state index in [4.69, 9.17) is 0 Å². The Labute approximate surface area is 98.9 Å². The molecule has 92 valence electrons. The molecule has 0 aromatic heterocycles. The second kappa shape index (κ2) is 3.75. The molecule has 1 aliphatic carbocycles. The van der Waals surface area contributed by atoms with Gasteiger partial charge in [-0.15, -0.1) is 0 Å². The quantitative estimate of drug-likeness (QED) is 0.853. The molecular weight excluding hydrogens is 224 g/mol. The number of hydrogen-bond acceptors (Lipinski definition) is 2. The van der Waals surface area contributed by atoms with E-state index in [1.165, 1.54) is 25.0 Å². The summed E-state index contributed by atoms with van der Waals surface area (Å²) in [5.74, 6) is -1.25. The summed E-state index contributed by atoms with van der Waals surface area (Å²) < 4.78 is 26.3. The standard InChI is InChI=1S/C13H15F2NO/c14-10-5-9(6-11(15)7-10)13(17)3-4-16(8-13)12-1-2-12/h5-7,12,17H,1-4,8H2. The molecule has 2 nitrogen and oxygen atoms in total. The summed E-state index contributed by atoms with van der Waals surface area (Å²) >= 11 is 0. The van der Waals surface area contributed by atoms with Crippen LogP contribution in [0.25, 0.3) is 0 Å². The molecule has 1 aromatic carbocycles. The predicted molar refractivity (Wildman–Crippen MR) is 59.5 cm³/mol. The second-order valence-corrected chi connectivity index (χ2v) is 5.14. The van der Waals surface area contributed by atoms with Crippen LogP contribution in [0.2, 0.25) is 0 Å². The highest BCUT2D eigenvalue weighted by molar-refractivity contribution is 5.26. The Morgan fingerprint density at radius 3 is 2.41 bits per heavy atom. The minimum Gasteiger partial charge on any atom is -0.384 e. The normalized spacial score (nSPS) is 29.8. The molecule has 0 radical (unpaired) electrons. The lowest BCUT2D eigenvalue weighted by Crippen LogP contribution is -2.32. The first-order valence-corrected chi connectivity index (χ1v) is 6.00. The average molecular weight is 239 g/mol. The second-order valence-electron chi connectivity index (χ2n) is 5.14. The first kappa shape index (κ1) is 11.1. The predicted octanol–water partition coefficient (Wildman–Crippen LogP) is 2.02. The summed E-state index contributed by atoms with van der Waals surface area (Å²) in [4.78, 5) is 2.21. The monoisotopic (exact) mass is 239 g/mol. The van der Waals surface area contributed by atoms with Crippen LogP contribution in [0.4, 0.5) is 8.78 Å². The van der Waals surface area contributed by atoms with Crippen LogP contribution in [0.15, 0.2) is 18.2 Å². The highest BCUT2D eigenvalue weighted by atomic mass is 19.1. The molecule has 3 rings (SSSR count). The maximum absolute atomic E-state index is 13.2. The summed E-state index contributed by atoms with van der Waals surface area (Å²) in [5.41, 5.74) is -0.732. The third-order valence-corrected chi connectivity index (χ3v) is 3.74. The van der Waals surface area contributed by atoms with E-state index in [2.05, 4.69) is 4.90 Å². The van der Waals surface area contributed by atoms with Gasteiger partial charge in [-0.05, 0) is 37.0 Å². The van der Waals surface area contributed by atoms with E-state index in [1.807, 2.05) is 0 Å². The topological polar surface area (TPSA) is 23.5 Å². The van der Waals surface area contributed by atoms with Gasteiger partial charge in [-0.2, -0.15) is 0 Å². The largest absolute Gasteiger partial charge is 0.384 e. The van der Waals surface area contributed by atoms with Crippen LogP contribution in [-0.4, -0.2) is 29.1 Å². The summed E-state index contributed by atoms with van der Waals surface area (Å²) in [7, 11) is 0. The Kier molecular flexibility index (Phi) is 2.45. The van der Waals surface area contributed by atoms with Gasteiger partial charge in [0.05, 0.1) is 0 Å². The lowest BCUT2D eigenvalue weighted by atomic mass is 9.93. The Morgan fingerprint density at radius 2 is 1.82 bits per heavy atom. The van der Waals surface area contributed by atoms with Crippen LogP contribution in [0.1, 0.15) is 24.8 Å². The van der Waals surface area contributed by atoms with Crippen LogP contribution in [0.3, 0.4) is 0 Å². The molecule has 1 unspecified atom stereocenters. The Balaban J connectivity index is 1.86. The maximum atomic E-state index is 13.2. The number of nitrogens with zero attached hydrogens (tertiary/aromatic N) is 1. The molecule has 2 aliphatic rings. The molecular formula is C13H15F2NO. The number of hydrogen-bond donors (Lipinski definition) is 1. The van der Waals surface area contributed by atoms with Crippen molar-refractivity contribution in [3.63, 3.8) is 0 Å². The van der Waals surface area contributed by atoms with Crippen LogP contribution >= 0.6 is 0 Å². The van der Waals surface area contributed by atoms with E-state index in [-0.39, 0.29) is 0 Å². The van der Waals surface area contributed by atoms with Gasteiger partial charge in [0.15, 0.2) is 0 Å². The summed E-state index contributed by atoms with van der Waals surface area (Å²) in [6.45, 7) is 1.29. The minimum atomic E-state index is -1.09. The van der Waals surface area contributed by atoms with E-state index in [1.54, 1.807) is 0 Å². The van der Waals surface area contributed by atoms with Crippen molar-refractivity contribution in [2.24, 2.45) is 0 Å². The van der Waals surface area contributed by atoms with E-state index in [0.717, 1.165) is 12.6 Å². The number of likely N-dealkylation sites (tertiary alicyclic amines) is 1. The number of β-amino-alcohol motifs (C(OH)–C–C–N with tert-alkyl or cyclic N) is 1. The van der Waals surface area contributed by atoms with Crippen molar-refractivity contribution < 1.29 is 13.9 Å². The minimum absolute atomic E-state index is 0.359. The fraction of sp³-hybridized carbons (Fsp3) is 0.538. The van der Waals surface area contributed by atoms with Crippen molar-refractivity contribution in [1.29, 1.82) is 0 Å². The molecule has 1 atom stereocenters. The van der Waals surface area contributed by atoms with Gasteiger partial charge in [0.1, 0.15) is 17.2 Å². The van der Waals surface area contributed by atoms with Gasteiger partial charge in [0, 0.05) is 25.2 Å². The molecule has 0 amide bonds. The van der Waals surface area contributed by atoms with E-state index < -0.39 is 17.2 Å². The van der Waals surface area contributed by atoms with Crippen molar-refractivity contribution in [3.8, 4) is 0 Å². The molecule has 1 heterocycles. The van der Waals surface area contributed by atoms with Crippen molar-refractivity contribution in [1.82, 2.24) is 4.90 Å². The molecule has 1 aromatic rings. The molecule has 1 N–H and O–H groups in total. The first-order valence-electron chi connectivity index (χ1n) is 6.00. The van der Waals surface area contributed by atoms with Crippen molar-refractivity contribution in [3.05, 3.63) is 35.4 Å². The number of aliphatic hydroxyl groups is 1. The van der Waals surface area contributed by atoms with Crippen LogP contribution in [0, 0.1) is 11.6 Å². The lowest BCUT2D eigenvalue weighted by molar-refractivity contribution is 0.0445. The molecule has 4 heteroatoms. The van der Waals surface area contributed by atoms with Crippen LogP contribution < -0.4 is 0 Å². The van der Waals surface area contributed by atoms with Gasteiger partial charge in [0.2, 0.25) is 0 Å². The van der Waals surface area contributed by atoms with Gasteiger partial charge < -0.3 is 5.11 Å². The van der Waals surface area contributed by atoms with Gasteiger partial charge in [-0.1, -0.05) is 0 Å². The Bertz CT molecular complexity index is 427. The highest BCUT2D eigenvalue weighted by Crippen LogP contribution is 2.38. The van der Waals surface area contributed by atoms with Gasteiger partial charge in [0.25, 0.3) is 0 Å². The zero-order chi connectivity index (χ0) is 12.0. The Hall–Kier alpha value is -1.00. The Morgan fingerprint density at radius 1 is 1.18 bits per heavy atom. The zero-order valence-electron chi connectivity index (χ0n) is 9.50. The van der Waals surface area contributed by atoms with Crippen molar-refractivity contribution >= 4 is 0 Å². The molecule has 1 saturated heterocycles. The van der Waals surface area contributed by atoms with E-state index in [9.17, 15) is 13.9 Å². The van der Waals surface area contributed by atoms with Crippen LogP contribution in [0.5, 0.6) is 0 Å². The van der Waals surface area contributed by atoms with Crippen LogP contribution in [-0.2, 0) is 5.60 Å². The maximum Gasteiger partial charge on any atom is 0.126 e. The lowest BCUT2D eigenvalue weighted by Gasteiger charge is -2.24. The van der Waals surface area contributed by atoms with Gasteiger partial charge in [-0.25, -0.2) is 8.78 Å². The van der Waals surface area contributed by atoms with Gasteiger partial charge in [-0.3, -0.25) is 4.90 Å². The summed E-state index contributed by atoms with van der Waals surface area (Å²) in [6, 6.07) is 3.88. The van der Waals surface area contributed by atoms with Gasteiger partial charge >= 0.3 is 0 Å². The van der Waals surface area contributed by atoms with E-state index in [0.29, 0.717) is 24.6 Å². The highest BCUT2D eigenvalue weighted by Gasteiger charge is 2.43. The first-order chi connectivity index (χ1) is 8.07. The molecule has 2 fully saturated rings. The molecule has 17 heavy (non-hydrogen) atoms. The summed E-state index contributed by atoms with van der Waals surface area (Å²) in [6.07, 6.45) is 2.90. The SMILES string of the molecule is OC1(c2cc(F)cc(F)c2)CCN(C2CC2)C1. The zero-order valence-corrected chi connectivity index (χ0v) is 9.50. The number of rotatable bonds is 2. The number of benzene rings is 1. The fourth-order valence-corrected chi connectivity index (χ4v) is 2.63. The third kappa shape index (κ3) is 2.07. The molecule has 1 aliphatic heterocycles. The average Bonchev–Trinajstić information content (AvgIpc) is 3.02. The van der Waals surface area contributed by atoms with E-state index >= 15 is 0 Å².